The molecule has 0 saturated heterocycles. The maximum Gasteiger partial charge on any atom is 0.0931 e. The molecule has 4 heteroatoms. The van der Waals surface area contributed by atoms with Crippen molar-refractivity contribution in [2.75, 3.05) is 12.8 Å². The molecule has 0 aliphatic carbocycles. The number of thioether (sulfide) groups is 1. The molecule has 0 aliphatic heterocycles. The van der Waals surface area contributed by atoms with Crippen molar-refractivity contribution in [3.05, 3.63) is 21.3 Å². The number of hydrogen-bond donors (Lipinski definition) is 1. The van der Waals surface area contributed by atoms with Crippen molar-refractivity contribution in [3.63, 3.8) is 0 Å². The van der Waals surface area contributed by atoms with Crippen LogP contribution in [-0.4, -0.2) is 17.5 Å². The molecule has 1 unspecified atom stereocenters. The fraction of sp³-hybridized carbons (Fsp3) is 0.667. The minimum atomic E-state index is 0.286. The molecule has 1 heterocycles. The molecule has 1 atom stereocenters. The van der Waals surface area contributed by atoms with E-state index in [0.717, 1.165) is 17.3 Å². The lowest BCUT2D eigenvalue weighted by Crippen LogP contribution is -2.34. The average Bonchev–Trinajstić information content (AvgIpc) is 2.66. The van der Waals surface area contributed by atoms with E-state index in [-0.39, 0.29) is 4.75 Å². The van der Waals surface area contributed by atoms with Crippen LogP contribution in [0.3, 0.4) is 0 Å². The number of halogens is 1. The summed E-state index contributed by atoms with van der Waals surface area (Å²) >= 11 is 9.53. The summed E-state index contributed by atoms with van der Waals surface area (Å²) in [6.07, 6.45) is 3.26. The summed E-state index contributed by atoms with van der Waals surface area (Å²) in [5, 5.41) is 3.62. The summed E-state index contributed by atoms with van der Waals surface area (Å²) in [5.74, 6) is 0. The first-order chi connectivity index (χ1) is 7.48. The molecule has 0 aliphatic rings. The van der Waals surface area contributed by atoms with E-state index < -0.39 is 0 Å². The van der Waals surface area contributed by atoms with Crippen molar-refractivity contribution in [1.29, 1.82) is 0 Å². The molecule has 1 aromatic heterocycles. The Kier molecular flexibility index (Phi) is 5.65. The van der Waals surface area contributed by atoms with Gasteiger partial charge in [-0.3, -0.25) is 0 Å². The van der Waals surface area contributed by atoms with Crippen molar-refractivity contribution in [2.24, 2.45) is 0 Å². The number of nitrogens with one attached hydrogen (secondary N) is 1. The molecular weight excluding hydrogens is 258 g/mol. The van der Waals surface area contributed by atoms with Gasteiger partial charge in [0.25, 0.3) is 0 Å². The van der Waals surface area contributed by atoms with E-state index in [2.05, 4.69) is 38.4 Å². The highest BCUT2D eigenvalue weighted by atomic mass is 35.5. The van der Waals surface area contributed by atoms with Crippen LogP contribution in [0, 0.1) is 0 Å². The zero-order valence-electron chi connectivity index (χ0n) is 10.3. The topological polar surface area (TPSA) is 12.0 Å². The molecule has 0 amide bonds. The Labute approximate surface area is 112 Å². The molecule has 16 heavy (non-hydrogen) atoms. The molecule has 1 aromatic rings. The predicted octanol–water partition coefficient (Wildman–Crippen LogP) is 4.58. The van der Waals surface area contributed by atoms with Crippen LogP contribution in [0.1, 0.15) is 38.1 Å². The fourth-order valence-electron chi connectivity index (χ4n) is 1.40. The van der Waals surface area contributed by atoms with E-state index in [1.165, 1.54) is 4.88 Å². The largest absolute Gasteiger partial charge is 0.308 e. The standard InChI is InChI=1S/C12H20ClNS2/c1-5-9(10-6-7-11(13)16-10)14-8-12(2,3)15-4/h6-7,9,14H,5,8H2,1-4H3. The quantitative estimate of drug-likeness (QED) is 0.817. The fourth-order valence-corrected chi connectivity index (χ4v) is 2.85. The van der Waals surface area contributed by atoms with Crippen molar-refractivity contribution in [2.45, 2.75) is 38.0 Å². The molecule has 1 nitrogen and oxygen atoms in total. The maximum atomic E-state index is 5.97. The summed E-state index contributed by atoms with van der Waals surface area (Å²) in [6.45, 7) is 7.75. The van der Waals surface area contributed by atoms with Crippen LogP contribution in [-0.2, 0) is 0 Å². The molecule has 0 saturated carbocycles. The molecule has 0 spiro atoms. The number of rotatable bonds is 6. The predicted molar refractivity (Wildman–Crippen MR) is 78.0 cm³/mol. The monoisotopic (exact) mass is 277 g/mol. The van der Waals surface area contributed by atoms with Gasteiger partial charge in [0, 0.05) is 22.2 Å². The van der Waals surface area contributed by atoms with Crippen molar-refractivity contribution in [1.82, 2.24) is 5.32 Å². The minimum absolute atomic E-state index is 0.286. The van der Waals surface area contributed by atoms with Gasteiger partial charge in [-0.2, -0.15) is 11.8 Å². The Morgan fingerprint density at radius 2 is 2.19 bits per heavy atom. The van der Waals surface area contributed by atoms with E-state index >= 15 is 0 Å². The number of thiophene rings is 1. The average molecular weight is 278 g/mol. The molecule has 0 fully saturated rings. The van der Waals surface area contributed by atoms with Crippen LogP contribution in [0.15, 0.2) is 12.1 Å². The van der Waals surface area contributed by atoms with Gasteiger partial charge in [0.2, 0.25) is 0 Å². The third kappa shape index (κ3) is 4.28. The molecule has 0 aromatic carbocycles. The van der Waals surface area contributed by atoms with Gasteiger partial charge in [-0.25, -0.2) is 0 Å². The molecule has 0 radical (unpaired) electrons. The maximum absolute atomic E-state index is 5.97. The van der Waals surface area contributed by atoms with Crippen molar-refractivity contribution >= 4 is 34.7 Å². The smallest absolute Gasteiger partial charge is 0.0931 e. The molecule has 92 valence electrons. The Balaban J connectivity index is 2.56. The highest BCUT2D eigenvalue weighted by Gasteiger charge is 2.19. The van der Waals surface area contributed by atoms with Gasteiger partial charge in [0.05, 0.1) is 4.34 Å². The van der Waals surface area contributed by atoms with Crippen molar-refractivity contribution in [3.8, 4) is 0 Å². The Hall–Kier alpha value is 0.300. The first kappa shape index (κ1) is 14.4. The summed E-state index contributed by atoms with van der Waals surface area (Å²) in [4.78, 5) is 1.34. The lowest BCUT2D eigenvalue weighted by molar-refractivity contribution is 0.490. The molecule has 1 rings (SSSR count). The van der Waals surface area contributed by atoms with E-state index in [4.69, 9.17) is 11.6 Å². The summed E-state index contributed by atoms with van der Waals surface area (Å²) < 4.78 is 1.16. The normalized spacial score (nSPS) is 14.1. The van der Waals surface area contributed by atoms with Crippen molar-refractivity contribution < 1.29 is 0 Å². The first-order valence-corrected chi connectivity index (χ1v) is 7.94. The van der Waals surface area contributed by atoms with Crippen LogP contribution < -0.4 is 5.32 Å². The van der Waals surface area contributed by atoms with Crippen LogP contribution in [0.4, 0.5) is 0 Å². The summed E-state index contributed by atoms with van der Waals surface area (Å²) in [7, 11) is 0. The SMILES string of the molecule is CCC(NCC(C)(C)SC)c1ccc(Cl)s1. The van der Waals surface area contributed by atoms with Crippen LogP contribution >= 0.6 is 34.7 Å². The minimum Gasteiger partial charge on any atom is -0.308 e. The van der Waals surface area contributed by atoms with Crippen LogP contribution in [0.25, 0.3) is 0 Å². The van der Waals surface area contributed by atoms with E-state index in [9.17, 15) is 0 Å². The van der Waals surface area contributed by atoms with Gasteiger partial charge in [-0.15, -0.1) is 11.3 Å². The number of hydrogen-bond acceptors (Lipinski definition) is 3. The van der Waals surface area contributed by atoms with Gasteiger partial charge in [-0.05, 0) is 38.7 Å². The molecule has 1 N–H and O–H groups in total. The van der Waals surface area contributed by atoms with E-state index in [0.29, 0.717) is 6.04 Å². The Morgan fingerprint density at radius 3 is 2.62 bits per heavy atom. The summed E-state index contributed by atoms with van der Waals surface area (Å²) in [6, 6.07) is 4.54. The van der Waals surface area contributed by atoms with Crippen LogP contribution in [0.2, 0.25) is 4.34 Å². The Morgan fingerprint density at radius 1 is 1.50 bits per heavy atom. The molecule has 0 bridgehead atoms. The van der Waals surface area contributed by atoms with Crippen LogP contribution in [0.5, 0.6) is 0 Å². The lowest BCUT2D eigenvalue weighted by atomic mass is 10.1. The zero-order valence-corrected chi connectivity index (χ0v) is 12.7. The van der Waals surface area contributed by atoms with Gasteiger partial charge < -0.3 is 5.32 Å². The Bertz CT molecular complexity index is 323. The second-order valence-electron chi connectivity index (χ2n) is 4.45. The lowest BCUT2D eigenvalue weighted by Gasteiger charge is -2.25. The highest BCUT2D eigenvalue weighted by molar-refractivity contribution is 7.99. The third-order valence-corrected chi connectivity index (χ3v) is 5.27. The zero-order chi connectivity index (χ0) is 12.2. The third-order valence-electron chi connectivity index (χ3n) is 2.67. The highest BCUT2D eigenvalue weighted by Crippen LogP contribution is 2.29. The second kappa shape index (κ2) is 6.29. The van der Waals surface area contributed by atoms with E-state index in [1.807, 2.05) is 17.8 Å². The first-order valence-electron chi connectivity index (χ1n) is 5.52. The van der Waals surface area contributed by atoms with Gasteiger partial charge in [0.1, 0.15) is 0 Å². The van der Waals surface area contributed by atoms with Gasteiger partial charge in [-0.1, -0.05) is 18.5 Å². The summed E-state index contributed by atoms with van der Waals surface area (Å²) in [5.41, 5.74) is 0. The van der Waals surface area contributed by atoms with Gasteiger partial charge in [0.15, 0.2) is 0 Å². The second-order valence-corrected chi connectivity index (χ2v) is 7.71. The molecular formula is C12H20ClNS2. The van der Waals surface area contributed by atoms with Gasteiger partial charge >= 0.3 is 0 Å². The van der Waals surface area contributed by atoms with E-state index in [1.54, 1.807) is 11.3 Å².